The minimum atomic E-state index is -0.213. The van der Waals surface area contributed by atoms with Crippen molar-refractivity contribution in [1.29, 1.82) is 0 Å². The fourth-order valence-corrected chi connectivity index (χ4v) is 4.08. The van der Waals surface area contributed by atoms with E-state index in [1.54, 1.807) is 36.3 Å². The summed E-state index contributed by atoms with van der Waals surface area (Å²) in [4.78, 5) is 27.3. The number of nitrogens with zero attached hydrogens (tertiary/aromatic N) is 3. The summed E-state index contributed by atoms with van der Waals surface area (Å²) in [7, 11) is 1.57. The molecule has 7 nitrogen and oxygen atoms in total. The van der Waals surface area contributed by atoms with Gasteiger partial charge < -0.3 is 15.0 Å². The van der Waals surface area contributed by atoms with E-state index in [4.69, 9.17) is 4.74 Å². The second-order valence-corrected chi connectivity index (χ2v) is 9.10. The monoisotopic (exact) mass is 516 g/mol. The number of ether oxygens (including phenoxy) is 1. The van der Waals surface area contributed by atoms with Gasteiger partial charge in [0, 0.05) is 34.6 Å². The van der Waals surface area contributed by atoms with Crippen molar-refractivity contribution in [2.45, 2.75) is 32.7 Å². The predicted molar refractivity (Wildman–Crippen MR) is 130 cm³/mol. The molecular weight excluding hydrogens is 492 g/mol. The third-order valence-corrected chi connectivity index (χ3v) is 6.46. The van der Waals surface area contributed by atoms with Crippen molar-refractivity contribution in [2.24, 2.45) is 0 Å². The Morgan fingerprint density at radius 3 is 2.62 bits per heavy atom. The number of methoxy groups -OCH3 is 1. The molecule has 1 atom stereocenters. The highest BCUT2D eigenvalue weighted by Gasteiger charge is 2.22. The smallest absolute Gasteiger partial charge is 0.254 e. The fourth-order valence-electron chi connectivity index (χ4n) is 3.05. The topological polar surface area (TPSA) is 84.4 Å². The molecule has 9 heteroatoms. The number of benzene rings is 2. The van der Waals surface area contributed by atoms with Crippen LogP contribution in [0.2, 0.25) is 0 Å². The molecule has 168 valence electrons. The summed E-state index contributed by atoms with van der Waals surface area (Å²) in [5.74, 6) is 0.283. The Kier molecular flexibility index (Phi) is 8.35. The molecule has 1 aromatic heterocycles. The Balaban J connectivity index is 1.63. The van der Waals surface area contributed by atoms with Gasteiger partial charge in [0.2, 0.25) is 11.0 Å². The highest BCUT2D eigenvalue weighted by molar-refractivity contribution is 9.10. The quantitative estimate of drug-likeness (QED) is 0.420. The van der Waals surface area contributed by atoms with Gasteiger partial charge in [0.15, 0.2) is 0 Å². The van der Waals surface area contributed by atoms with Crippen LogP contribution in [0.1, 0.15) is 37.0 Å². The van der Waals surface area contributed by atoms with E-state index in [1.165, 1.54) is 11.3 Å². The molecule has 0 bridgehead atoms. The zero-order valence-electron chi connectivity index (χ0n) is 18.2. The van der Waals surface area contributed by atoms with Crippen LogP contribution in [0.4, 0.5) is 5.13 Å². The van der Waals surface area contributed by atoms with Gasteiger partial charge in [-0.1, -0.05) is 52.4 Å². The summed E-state index contributed by atoms with van der Waals surface area (Å²) in [5, 5.41) is 12.2. The van der Waals surface area contributed by atoms with E-state index in [9.17, 15) is 9.59 Å². The summed E-state index contributed by atoms with van der Waals surface area (Å²) in [5.41, 5.74) is 1.46. The highest BCUT2D eigenvalue weighted by Crippen LogP contribution is 2.27. The van der Waals surface area contributed by atoms with Crippen LogP contribution in [0.5, 0.6) is 5.75 Å². The molecule has 0 aliphatic rings. The minimum absolute atomic E-state index is 0.00737. The van der Waals surface area contributed by atoms with Crippen molar-refractivity contribution in [2.75, 3.05) is 19.0 Å². The third kappa shape index (κ3) is 6.14. The summed E-state index contributed by atoms with van der Waals surface area (Å²) in [6.07, 6.45) is 0.942. The van der Waals surface area contributed by atoms with Crippen LogP contribution < -0.4 is 10.1 Å². The number of halogens is 1. The number of carbonyl (C=O) groups is 2. The molecule has 3 aromatic rings. The van der Waals surface area contributed by atoms with Crippen LogP contribution in [0.25, 0.3) is 10.6 Å². The molecule has 0 saturated carbocycles. The lowest BCUT2D eigenvalue weighted by Gasteiger charge is -2.28. The molecule has 1 unspecified atom stereocenters. The summed E-state index contributed by atoms with van der Waals surface area (Å²) in [6, 6.07) is 14.8. The number of carbonyl (C=O) groups excluding carboxylic acids is 2. The Hall–Kier alpha value is -2.78. The number of nitrogens with one attached hydrogen (secondary N) is 1. The Labute approximate surface area is 199 Å². The van der Waals surface area contributed by atoms with Crippen molar-refractivity contribution < 1.29 is 14.3 Å². The normalized spacial score (nSPS) is 11.6. The maximum absolute atomic E-state index is 13.1. The molecule has 0 spiro atoms. The van der Waals surface area contributed by atoms with Gasteiger partial charge in [-0.3, -0.25) is 9.59 Å². The van der Waals surface area contributed by atoms with Crippen LogP contribution in [0, 0.1) is 0 Å². The maximum Gasteiger partial charge on any atom is 0.254 e. The molecule has 32 heavy (non-hydrogen) atoms. The highest BCUT2D eigenvalue weighted by atomic mass is 79.9. The van der Waals surface area contributed by atoms with Crippen molar-refractivity contribution in [3.8, 4) is 16.3 Å². The van der Waals surface area contributed by atoms with E-state index in [1.807, 2.05) is 38.1 Å². The van der Waals surface area contributed by atoms with Crippen molar-refractivity contribution >= 4 is 44.2 Å². The van der Waals surface area contributed by atoms with E-state index in [0.29, 0.717) is 23.0 Å². The first-order valence-electron chi connectivity index (χ1n) is 10.3. The number of anilines is 1. The largest absolute Gasteiger partial charge is 0.497 e. The van der Waals surface area contributed by atoms with Crippen LogP contribution in [-0.4, -0.2) is 46.6 Å². The molecule has 0 radical (unpaired) electrons. The van der Waals surface area contributed by atoms with E-state index < -0.39 is 0 Å². The standard InChI is InChI=1S/C23H25BrN4O3S/c1-4-15(2)28(22(30)17-6-5-7-19(14-17)31-3)13-12-20(29)25-23-27-26-21(32-23)16-8-10-18(24)11-9-16/h5-11,14-15H,4,12-13H2,1-3H3,(H,25,27,29). The number of rotatable bonds is 9. The van der Waals surface area contributed by atoms with E-state index in [2.05, 4.69) is 31.4 Å². The molecule has 3 rings (SSSR count). The first-order valence-corrected chi connectivity index (χ1v) is 11.9. The minimum Gasteiger partial charge on any atom is -0.497 e. The molecule has 1 heterocycles. The molecule has 1 N–H and O–H groups in total. The third-order valence-electron chi connectivity index (χ3n) is 5.04. The van der Waals surface area contributed by atoms with Gasteiger partial charge in [-0.15, -0.1) is 10.2 Å². The van der Waals surface area contributed by atoms with Gasteiger partial charge in [0.1, 0.15) is 10.8 Å². The zero-order chi connectivity index (χ0) is 23.1. The van der Waals surface area contributed by atoms with Gasteiger partial charge in [-0.2, -0.15) is 0 Å². The van der Waals surface area contributed by atoms with Gasteiger partial charge in [-0.05, 0) is 43.7 Å². The predicted octanol–water partition coefficient (Wildman–Crippen LogP) is 5.25. The van der Waals surface area contributed by atoms with Gasteiger partial charge in [-0.25, -0.2) is 0 Å². The molecule has 2 amide bonds. The first kappa shape index (κ1) is 23.9. The van der Waals surface area contributed by atoms with Gasteiger partial charge in [0.25, 0.3) is 5.91 Å². The van der Waals surface area contributed by atoms with Gasteiger partial charge in [0.05, 0.1) is 7.11 Å². The number of aromatic nitrogens is 2. The molecule has 0 fully saturated rings. The Morgan fingerprint density at radius 1 is 1.19 bits per heavy atom. The average Bonchev–Trinajstić information content (AvgIpc) is 3.27. The molecular formula is C23H25BrN4O3S. The van der Waals surface area contributed by atoms with Gasteiger partial charge >= 0.3 is 0 Å². The summed E-state index contributed by atoms with van der Waals surface area (Å²) >= 11 is 4.72. The van der Waals surface area contributed by atoms with E-state index in [0.717, 1.165) is 21.5 Å². The number of amides is 2. The maximum atomic E-state index is 13.1. The van der Waals surface area contributed by atoms with Crippen LogP contribution in [0.15, 0.2) is 53.0 Å². The lowest BCUT2D eigenvalue weighted by atomic mass is 10.1. The number of hydrogen-bond acceptors (Lipinski definition) is 6. The van der Waals surface area contributed by atoms with Crippen LogP contribution >= 0.6 is 27.3 Å². The lowest BCUT2D eigenvalue weighted by Crippen LogP contribution is -2.40. The average molecular weight is 517 g/mol. The Morgan fingerprint density at radius 2 is 1.94 bits per heavy atom. The molecule has 0 aliphatic carbocycles. The Bertz CT molecular complexity index is 1070. The first-order chi connectivity index (χ1) is 15.4. The SMILES string of the molecule is CCC(C)N(CCC(=O)Nc1nnc(-c2ccc(Br)cc2)s1)C(=O)c1cccc(OC)c1. The number of hydrogen-bond donors (Lipinski definition) is 1. The van der Waals surface area contributed by atoms with Crippen molar-refractivity contribution in [3.63, 3.8) is 0 Å². The van der Waals surface area contributed by atoms with E-state index >= 15 is 0 Å². The fraction of sp³-hybridized carbons (Fsp3) is 0.304. The molecule has 2 aromatic carbocycles. The van der Waals surface area contributed by atoms with Crippen LogP contribution in [-0.2, 0) is 4.79 Å². The second-order valence-electron chi connectivity index (χ2n) is 7.21. The lowest BCUT2D eigenvalue weighted by molar-refractivity contribution is -0.116. The van der Waals surface area contributed by atoms with Crippen LogP contribution in [0.3, 0.4) is 0 Å². The van der Waals surface area contributed by atoms with E-state index in [-0.39, 0.29) is 24.3 Å². The van der Waals surface area contributed by atoms with Crippen molar-refractivity contribution in [3.05, 3.63) is 58.6 Å². The summed E-state index contributed by atoms with van der Waals surface area (Å²) in [6.45, 7) is 4.29. The summed E-state index contributed by atoms with van der Waals surface area (Å²) < 4.78 is 6.21. The molecule has 0 aliphatic heterocycles. The zero-order valence-corrected chi connectivity index (χ0v) is 20.6. The van der Waals surface area contributed by atoms with Crippen molar-refractivity contribution in [1.82, 2.24) is 15.1 Å². The molecule has 0 saturated heterocycles. The second kappa shape index (κ2) is 11.2.